The van der Waals surface area contributed by atoms with Gasteiger partial charge in [0, 0.05) is 24.7 Å². The molecule has 0 fully saturated rings. The molecule has 0 bridgehead atoms. The summed E-state index contributed by atoms with van der Waals surface area (Å²) in [6, 6.07) is 1.84. The van der Waals surface area contributed by atoms with Crippen molar-refractivity contribution in [1.29, 1.82) is 0 Å². The van der Waals surface area contributed by atoms with Crippen molar-refractivity contribution in [3.05, 3.63) is 11.8 Å². The summed E-state index contributed by atoms with van der Waals surface area (Å²) < 4.78 is 7.07. The van der Waals surface area contributed by atoms with Crippen LogP contribution in [0.15, 0.2) is 15.7 Å². The summed E-state index contributed by atoms with van der Waals surface area (Å²) in [6.45, 7) is 1.87. The first-order valence-electron chi connectivity index (χ1n) is 5.24. The molecule has 0 saturated heterocycles. The van der Waals surface area contributed by atoms with Crippen molar-refractivity contribution in [1.82, 2.24) is 19.9 Å². The molecule has 0 aliphatic carbocycles. The molecule has 0 N–H and O–H groups in total. The zero-order valence-corrected chi connectivity index (χ0v) is 11.3. The van der Waals surface area contributed by atoms with E-state index < -0.39 is 0 Å². The van der Waals surface area contributed by atoms with Crippen LogP contribution in [0.3, 0.4) is 0 Å². The fraction of sp³-hybridized carbons (Fsp3) is 0.500. The van der Waals surface area contributed by atoms with Crippen LogP contribution in [0.4, 0.5) is 0 Å². The van der Waals surface area contributed by atoms with E-state index in [1.165, 1.54) is 0 Å². The van der Waals surface area contributed by atoms with Gasteiger partial charge in [0.1, 0.15) is 0 Å². The summed E-state index contributed by atoms with van der Waals surface area (Å²) in [7, 11) is 1.91. The molecule has 17 heavy (non-hydrogen) atoms. The first-order valence-corrected chi connectivity index (χ1v) is 6.76. The molecule has 92 valence electrons. The highest BCUT2D eigenvalue weighted by molar-refractivity contribution is 7.99. The summed E-state index contributed by atoms with van der Waals surface area (Å²) in [5, 5.41) is 12.9. The number of hydrogen-bond donors (Lipinski definition) is 0. The van der Waals surface area contributed by atoms with Crippen molar-refractivity contribution in [2.75, 3.05) is 11.6 Å². The molecule has 0 unspecified atom stereocenters. The van der Waals surface area contributed by atoms with Crippen LogP contribution in [-0.4, -0.2) is 31.6 Å². The lowest BCUT2D eigenvalue weighted by molar-refractivity contribution is 0.423. The van der Waals surface area contributed by atoms with Gasteiger partial charge in [-0.1, -0.05) is 16.9 Å². The highest BCUT2D eigenvalue weighted by atomic mass is 35.5. The number of aromatic nitrogens is 4. The van der Waals surface area contributed by atoms with E-state index >= 15 is 0 Å². The maximum Gasteiger partial charge on any atom is 0.204 e. The van der Waals surface area contributed by atoms with Crippen LogP contribution in [0.5, 0.6) is 0 Å². The third-order valence-corrected chi connectivity index (χ3v) is 3.57. The molecular weight excluding hydrogens is 260 g/mol. The average Bonchev–Trinajstić information content (AvgIpc) is 2.87. The molecule has 0 saturated carbocycles. The van der Waals surface area contributed by atoms with Crippen LogP contribution in [-0.2, 0) is 7.05 Å². The minimum atomic E-state index is 0.640. The molecule has 2 aromatic rings. The van der Waals surface area contributed by atoms with Gasteiger partial charge in [0.05, 0.1) is 5.69 Å². The Morgan fingerprint density at radius 3 is 2.94 bits per heavy atom. The van der Waals surface area contributed by atoms with Crippen LogP contribution in [0, 0.1) is 6.92 Å². The van der Waals surface area contributed by atoms with Crippen LogP contribution in [0.2, 0.25) is 0 Å². The van der Waals surface area contributed by atoms with Crippen LogP contribution in [0.1, 0.15) is 12.1 Å². The van der Waals surface area contributed by atoms with Gasteiger partial charge in [0.25, 0.3) is 0 Å². The fourth-order valence-corrected chi connectivity index (χ4v) is 2.48. The van der Waals surface area contributed by atoms with Crippen molar-refractivity contribution in [3.8, 4) is 11.6 Å². The molecule has 0 aliphatic heterocycles. The van der Waals surface area contributed by atoms with Gasteiger partial charge in [-0.25, -0.2) is 0 Å². The molecule has 0 amide bonds. The van der Waals surface area contributed by atoms with Crippen LogP contribution in [0.25, 0.3) is 11.6 Å². The minimum absolute atomic E-state index is 0.640. The van der Waals surface area contributed by atoms with E-state index in [1.807, 2.05) is 24.6 Å². The lowest BCUT2D eigenvalue weighted by Gasteiger charge is -2.00. The van der Waals surface area contributed by atoms with Gasteiger partial charge in [-0.05, 0) is 13.3 Å². The van der Waals surface area contributed by atoms with E-state index in [4.69, 9.17) is 16.1 Å². The van der Waals surface area contributed by atoms with Crippen molar-refractivity contribution < 1.29 is 4.52 Å². The number of thioether (sulfide) groups is 1. The zero-order valence-electron chi connectivity index (χ0n) is 9.68. The maximum absolute atomic E-state index is 5.63. The lowest BCUT2D eigenvalue weighted by Crippen LogP contribution is -1.94. The number of hydrogen-bond acceptors (Lipinski definition) is 5. The Morgan fingerprint density at radius 1 is 1.47 bits per heavy atom. The molecule has 0 atom stereocenters. The third-order valence-electron chi connectivity index (χ3n) is 2.19. The SMILES string of the molecule is Cc1cc(-c2nnc(SCCCCl)n2C)on1. The quantitative estimate of drug-likeness (QED) is 0.475. The summed E-state index contributed by atoms with van der Waals surface area (Å²) in [6.07, 6.45) is 0.954. The maximum atomic E-state index is 5.63. The number of rotatable bonds is 5. The monoisotopic (exact) mass is 272 g/mol. The molecule has 0 aromatic carbocycles. The first kappa shape index (κ1) is 12.4. The van der Waals surface area contributed by atoms with Crippen LogP contribution < -0.4 is 0 Å². The summed E-state index contributed by atoms with van der Waals surface area (Å²) in [5.41, 5.74) is 0.833. The van der Waals surface area contributed by atoms with Gasteiger partial charge < -0.3 is 9.09 Å². The average molecular weight is 273 g/mol. The molecule has 0 spiro atoms. The standard InChI is InChI=1S/C10H13ClN4OS/c1-7-6-8(16-14-7)9-12-13-10(15(9)2)17-5-3-4-11/h6H,3-5H2,1-2H3. The molecule has 5 nitrogen and oxygen atoms in total. The van der Waals surface area contributed by atoms with E-state index in [0.29, 0.717) is 17.5 Å². The Kier molecular flexibility index (Phi) is 4.06. The van der Waals surface area contributed by atoms with Gasteiger partial charge >= 0.3 is 0 Å². The van der Waals surface area contributed by atoms with E-state index in [-0.39, 0.29) is 0 Å². The first-order chi connectivity index (χ1) is 8.22. The van der Waals surface area contributed by atoms with E-state index in [0.717, 1.165) is 23.0 Å². The predicted octanol–water partition coefficient (Wildman–Crippen LogP) is 2.50. The Labute approximate surface area is 109 Å². The van der Waals surface area contributed by atoms with Crippen molar-refractivity contribution in [2.45, 2.75) is 18.5 Å². The topological polar surface area (TPSA) is 56.7 Å². The van der Waals surface area contributed by atoms with Gasteiger partial charge in [-0.3, -0.25) is 0 Å². The Balaban J connectivity index is 2.15. The lowest BCUT2D eigenvalue weighted by atomic mass is 10.4. The fourth-order valence-electron chi connectivity index (χ4n) is 1.34. The van der Waals surface area contributed by atoms with E-state index in [1.54, 1.807) is 11.8 Å². The smallest absolute Gasteiger partial charge is 0.204 e. The number of alkyl halides is 1. The van der Waals surface area contributed by atoms with Crippen LogP contribution >= 0.6 is 23.4 Å². The molecule has 0 aliphatic rings. The number of halogens is 1. The Morgan fingerprint density at radius 2 is 2.29 bits per heavy atom. The third kappa shape index (κ3) is 2.81. The van der Waals surface area contributed by atoms with Crippen molar-refractivity contribution in [3.63, 3.8) is 0 Å². The largest absolute Gasteiger partial charge is 0.353 e. The van der Waals surface area contributed by atoms with Gasteiger partial charge in [-0.2, -0.15) is 0 Å². The second-order valence-electron chi connectivity index (χ2n) is 3.59. The van der Waals surface area contributed by atoms with E-state index in [9.17, 15) is 0 Å². The second kappa shape index (κ2) is 5.55. The normalized spacial score (nSPS) is 11.0. The van der Waals surface area contributed by atoms with Gasteiger partial charge in [0.15, 0.2) is 5.16 Å². The number of nitrogens with zero attached hydrogens (tertiary/aromatic N) is 4. The summed E-state index contributed by atoms with van der Waals surface area (Å²) in [4.78, 5) is 0. The van der Waals surface area contributed by atoms with E-state index in [2.05, 4.69) is 15.4 Å². The molecular formula is C10H13ClN4OS. The Hall–Kier alpha value is -1.01. The highest BCUT2D eigenvalue weighted by Crippen LogP contribution is 2.23. The molecule has 7 heteroatoms. The number of aryl methyl sites for hydroxylation is 1. The Bertz CT molecular complexity index is 496. The second-order valence-corrected chi connectivity index (χ2v) is 5.03. The highest BCUT2D eigenvalue weighted by Gasteiger charge is 2.14. The van der Waals surface area contributed by atoms with Gasteiger partial charge in [-0.15, -0.1) is 21.8 Å². The molecule has 2 rings (SSSR count). The summed E-state index contributed by atoms with van der Waals surface area (Å²) >= 11 is 7.27. The molecule has 2 heterocycles. The van der Waals surface area contributed by atoms with Crippen molar-refractivity contribution in [2.24, 2.45) is 7.05 Å². The molecule has 0 radical (unpaired) electrons. The minimum Gasteiger partial charge on any atom is -0.353 e. The van der Waals surface area contributed by atoms with Crippen molar-refractivity contribution >= 4 is 23.4 Å². The predicted molar refractivity (Wildman–Crippen MR) is 67.3 cm³/mol. The van der Waals surface area contributed by atoms with Gasteiger partial charge in [0.2, 0.25) is 11.6 Å². The zero-order chi connectivity index (χ0) is 12.3. The molecule has 2 aromatic heterocycles. The summed E-state index contributed by atoms with van der Waals surface area (Å²) in [5.74, 6) is 2.94.